The predicted octanol–water partition coefficient (Wildman–Crippen LogP) is 2.35. The number of halogens is 1. The molecule has 0 spiro atoms. The molecule has 0 radical (unpaired) electrons. The van der Waals surface area contributed by atoms with Crippen LogP contribution in [0.15, 0.2) is 24.3 Å². The topological polar surface area (TPSA) is 40.5 Å². The average molecular weight is 185 g/mol. The molecular formula is C9H9ClO2. The van der Waals surface area contributed by atoms with Gasteiger partial charge in [0.25, 0.3) is 0 Å². The van der Waals surface area contributed by atoms with Gasteiger partial charge in [-0.2, -0.15) is 0 Å². The molecule has 0 aliphatic carbocycles. The highest BCUT2D eigenvalue weighted by Gasteiger charge is 1.96. The maximum absolute atomic E-state index is 9.08. The summed E-state index contributed by atoms with van der Waals surface area (Å²) in [6, 6.07) is 4.60. The first-order chi connectivity index (χ1) is 5.74. The fourth-order valence-electron chi connectivity index (χ4n) is 0.825. The standard InChI is InChI=1S/C9H9ClO2/c10-5-1-2-7-3-4-8(11)9(12)6-7/h1-4,6,11-12H,5H2. The van der Waals surface area contributed by atoms with Crippen LogP contribution < -0.4 is 0 Å². The molecule has 2 nitrogen and oxygen atoms in total. The summed E-state index contributed by atoms with van der Waals surface area (Å²) in [4.78, 5) is 0. The van der Waals surface area contributed by atoms with E-state index in [1.54, 1.807) is 18.2 Å². The molecule has 1 rings (SSSR count). The van der Waals surface area contributed by atoms with Gasteiger partial charge < -0.3 is 10.2 Å². The normalized spacial score (nSPS) is 10.8. The van der Waals surface area contributed by atoms with Gasteiger partial charge in [-0.05, 0) is 17.7 Å². The Kier molecular flexibility index (Phi) is 3.00. The Morgan fingerprint density at radius 1 is 1.25 bits per heavy atom. The van der Waals surface area contributed by atoms with E-state index in [2.05, 4.69) is 0 Å². The van der Waals surface area contributed by atoms with Gasteiger partial charge in [0.05, 0.1) is 0 Å². The van der Waals surface area contributed by atoms with Crippen molar-refractivity contribution in [3.63, 3.8) is 0 Å². The van der Waals surface area contributed by atoms with Crippen LogP contribution in [0.2, 0.25) is 0 Å². The van der Waals surface area contributed by atoms with Crippen molar-refractivity contribution in [3.05, 3.63) is 29.8 Å². The molecule has 0 unspecified atom stereocenters. The summed E-state index contributed by atoms with van der Waals surface area (Å²) in [5.41, 5.74) is 0.811. The maximum atomic E-state index is 9.08. The van der Waals surface area contributed by atoms with Crippen LogP contribution in [0.1, 0.15) is 5.56 Å². The molecule has 0 aromatic heterocycles. The van der Waals surface area contributed by atoms with Gasteiger partial charge in [-0.25, -0.2) is 0 Å². The van der Waals surface area contributed by atoms with E-state index >= 15 is 0 Å². The molecule has 64 valence electrons. The number of allylic oxidation sites excluding steroid dienone is 1. The van der Waals surface area contributed by atoms with E-state index in [4.69, 9.17) is 21.8 Å². The van der Waals surface area contributed by atoms with Crippen LogP contribution in [0.4, 0.5) is 0 Å². The maximum Gasteiger partial charge on any atom is 0.157 e. The van der Waals surface area contributed by atoms with E-state index in [0.717, 1.165) is 5.56 Å². The van der Waals surface area contributed by atoms with Gasteiger partial charge in [-0.15, -0.1) is 11.6 Å². The molecule has 0 fully saturated rings. The van der Waals surface area contributed by atoms with Crippen LogP contribution in [-0.2, 0) is 0 Å². The lowest BCUT2D eigenvalue weighted by atomic mass is 10.2. The van der Waals surface area contributed by atoms with Gasteiger partial charge in [0.15, 0.2) is 11.5 Å². The van der Waals surface area contributed by atoms with Gasteiger partial charge in [0.1, 0.15) is 0 Å². The number of phenols is 2. The van der Waals surface area contributed by atoms with E-state index in [9.17, 15) is 0 Å². The van der Waals surface area contributed by atoms with Crippen LogP contribution in [0, 0.1) is 0 Å². The molecule has 0 atom stereocenters. The van der Waals surface area contributed by atoms with E-state index in [1.165, 1.54) is 12.1 Å². The number of hydrogen-bond donors (Lipinski definition) is 2. The third-order valence-electron chi connectivity index (χ3n) is 1.40. The second-order valence-corrected chi connectivity index (χ2v) is 2.61. The number of aromatic hydroxyl groups is 2. The molecule has 12 heavy (non-hydrogen) atoms. The number of hydrogen-bond acceptors (Lipinski definition) is 2. The van der Waals surface area contributed by atoms with Crippen LogP contribution in [0.25, 0.3) is 6.08 Å². The zero-order chi connectivity index (χ0) is 8.97. The summed E-state index contributed by atoms with van der Waals surface area (Å²) in [7, 11) is 0. The number of benzene rings is 1. The van der Waals surface area contributed by atoms with Crippen molar-refractivity contribution in [2.75, 3.05) is 5.88 Å². The fraction of sp³-hybridized carbons (Fsp3) is 0.111. The molecule has 0 bridgehead atoms. The smallest absolute Gasteiger partial charge is 0.157 e. The first kappa shape index (κ1) is 8.94. The third kappa shape index (κ3) is 2.17. The Balaban J connectivity index is 2.89. The van der Waals surface area contributed by atoms with E-state index in [1.807, 2.05) is 0 Å². The highest BCUT2D eigenvalue weighted by atomic mass is 35.5. The lowest BCUT2D eigenvalue weighted by Crippen LogP contribution is -1.73. The fourth-order valence-corrected chi connectivity index (χ4v) is 0.914. The molecule has 0 saturated heterocycles. The quantitative estimate of drug-likeness (QED) is 0.547. The summed E-state index contributed by atoms with van der Waals surface area (Å²) < 4.78 is 0. The summed E-state index contributed by atoms with van der Waals surface area (Å²) in [6.07, 6.45) is 3.53. The molecule has 1 aromatic carbocycles. The van der Waals surface area contributed by atoms with Crippen LogP contribution >= 0.6 is 11.6 Å². The predicted molar refractivity (Wildman–Crippen MR) is 49.5 cm³/mol. The minimum atomic E-state index is -0.119. The highest BCUT2D eigenvalue weighted by molar-refractivity contribution is 6.19. The molecule has 3 heteroatoms. The molecule has 0 saturated carbocycles. The van der Waals surface area contributed by atoms with Crippen molar-refractivity contribution in [2.24, 2.45) is 0 Å². The second kappa shape index (κ2) is 4.02. The SMILES string of the molecule is Oc1ccc(C=CCCl)cc1O. The lowest BCUT2D eigenvalue weighted by Gasteiger charge is -1.97. The van der Waals surface area contributed by atoms with Gasteiger partial charge in [0, 0.05) is 5.88 Å². The summed E-state index contributed by atoms with van der Waals surface area (Å²) in [5, 5.41) is 18.1. The first-order valence-electron chi connectivity index (χ1n) is 3.48. The first-order valence-corrected chi connectivity index (χ1v) is 4.02. The summed E-state index contributed by atoms with van der Waals surface area (Å²) >= 11 is 5.42. The van der Waals surface area contributed by atoms with Crippen molar-refractivity contribution in [3.8, 4) is 11.5 Å². The molecule has 0 amide bonds. The largest absolute Gasteiger partial charge is 0.504 e. The van der Waals surface area contributed by atoms with Gasteiger partial charge >= 0.3 is 0 Å². The second-order valence-electron chi connectivity index (χ2n) is 2.30. The Bertz CT molecular complexity index is 295. The van der Waals surface area contributed by atoms with Crippen molar-refractivity contribution >= 4 is 17.7 Å². The lowest BCUT2D eigenvalue weighted by molar-refractivity contribution is 0.403. The zero-order valence-electron chi connectivity index (χ0n) is 6.37. The Hall–Kier alpha value is -1.15. The molecule has 0 heterocycles. The van der Waals surface area contributed by atoms with E-state index < -0.39 is 0 Å². The Morgan fingerprint density at radius 3 is 2.58 bits per heavy atom. The van der Waals surface area contributed by atoms with Crippen LogP contribution in [0.3, 0.4) is 0 Å². The average Bonchev–Trinajstić information content (AvgIpc) is 2.07. The molecule has 1 aromatic rings. The Morgan fingerprint density at radius 2 is 2.00 bits per heavy atom. The molecule has 0 aliphatic rings. The van der Waals surface area contributed by atoms with Gasteiger partial charge in [0.2, 0.25) is 0 Å². The highest BCUT2D eigenvalue weighted by Crippen LogP contribution is 2.25. The van der Waals surface area contributed by atoms with E-state index in [0.29, 0.717) is 5.88 Å². The molecule has 0 aliphatic heterocycles. The van der Waals surface area contributed by atoms with Crippen molar-refractivity contribution in [1.82, 2.24) is 0 Å². The van der Waals surface area contributed by atoms with Crippen LogP contribution in [0.5, 0.6) is 11.5 Å². The van der Waals surface area contributed by atoms with E-state index in [-0.39, 0.29) is 11.5 Å². The number of phenolic OH excluding ortho intramolecular Hbond substituents is 2. The van der Waals surface area contributed by atoms with Crippen LogP contribution in [-0.4, -0.2) is 16.1 Å². The monoisotopic (exact) mass is 184 g/mol. The van der Waals surface area contributed by atoms with Crippen molar-refractivity contribution in [1.29, 1.82) is 0 Å². The van der Waals surface area contributed by atoms with Gasteiger partial charge in [-0.3, -0.25) is 0 Å². The van der Waals surface area contributed by atoms with Crippen molar-refractivity contribution in [2.45, 2.75) is 0 Å². The summed E-state index contributed by atoms with van der Waals surface area (Å²) in [5.74, 6) is 0.200. The zero-order valence-corrected chi connectivity index (χ0v) is 7.12. The third-order valence-corrected chi connectivity index (χ3v) is 1.58. The summed E-state index contributed by atoms with van der Waals surface area (Å²) in [6.45, 7) is 0. The van der Waals surface area contributed by atoms with Crippen molar-refractivity contribution < 1.29 is 10.2 Å². The molecular weight excluding hydrogens is 176 g/mol. The Labute approximate surface area is 75.7 Å². The minimum absolute atomic E-state index is 0.113. The minimum Gasteiger partial charge on any atom is -0.504 e. The number of alkyl halides is 1. The number of rotatable bonds is 2. The van der Waals surface area contributed by atoms with Gasteiger partial charge in [-0.1, -0.05) is 18.2 Å². The molecule has 2 N–H and O–H groups in total.